The van der Waals surface area contributed by atoms with Gasteiger partial charge in [-0.15, -0.1) is 0 Å². The van der Waals surface area contributed by atoms with Crippen LogP contribution in [0.2, 0.25) is 0 Å². The van der Waals surface area contributed by atoms with Crippen molar-refractivity contribution in [1.82, 2.24) is 0 Å². The van der Waals surface area contributed by atoms with Crippen LogP contribution >= 0.6 is 15.9 Å². The van der Waals surface area contributed by atoms with Gasteiger partial charge in [0.15, 0.2) is 0 Å². The molecule has 0 radical (unpaired) electrons. The van der Waals surface area contributed by atoms with Gasteiger partial charge in [-0.3, -0.25) is 0 Å². The molecular formula is C9H10BrN. The topological polar surface area (TPSA) is 26.0 Å². The fourth-order valence-electron chi connectivity index (χ4n) is 0.898. The highest BCUT2D eigenvalue weighted by atomic mass is 79.9. The van der Waals surface area contributed by atoms with Crippen LogP contribution < -0.4 is 5.73 Å². The highest BCUT2D eigenvalue weighted by Crippen LogP contribution is 2.23. The lowest BCUT2D eigenvalue weighted by Crippen LogP contribution is -1.90. The lowest BCUT2D eigenvalue weighted by atomic mass is 10.1. The van der Waals surface area contributed by atoms with E-state index in [1.54, 1.807) is 0 Å². The van der Waals surface area contributed by atoms with Gasteiger partial charge in [-0.1, -0.05) is 22.5 Å². The maximum atomic E-state index is 5.71. The molecule has 0 aliphatic carbocycles. The van der Waals surface area contributed by atoms with E-state index in [1.807, 2.05) is 25.1 Å². The van der Waals surface area contributed by atoms with Crippen LogP contribution in [0.25, 0.3) is 5.57 Å². The normalized spacial score (nSPS) is 9.64. The molecule has 1 nitrogen and oxygen atoms in total. The molecule has 0 spiro atoms. The molecule has 0 heterocycles. The highest BCUT2D eigenvalue weighted by molar-refractivity contribution is 9.10. The van der Waals surface area contributed by atoms with E-state index < -0.39 is 0 Å². The third-order valence-electron chi connectivity index (χ3n) is 1.48. The number of benzene rings is 1. The minimum Gasteiger partial charge on any atom is -0.398 e. The SMILES string of the molecule is C=C(C)c1cc(Br)ccc1N. The molecule has 0 unspecified atom stereocenters. The maximum absolute atomic E-state index is 5.71. The fraction of sp³-hybridized carbons (Fsp3) is 0.111. The smallest absolute Gasteiger partial charge is 0.0390 e. The molecule has 11 heavy (non-hydrogen) atoms. The summed E-state index contributed by atoms with van der Waals surface area (Å²) in [4.78, 5) is 0. The quantitative estimate of drug-likeness (QED) is 0.711. The Balaban J connectivity index is 3.23. The predicted molar refractivity (Wildman–Crippen MR) is 53.3 cm³/mol. The monoisotopic (exact) mass is 211 g/mol. The zero-order valence-corrected chi connectivity index (χ0v) is 7.98. The molecule has 0 aliphatic heterocycles. The van der Waals surface area contributed by atoms with Crippen LogP contribution in [0.3, 0.4) is 0 Å². The van der Waals surface area contributed by atoms with Gasteiger partial charge in [-0.05, 0) is 30.7 Å². The third kappa shape index (κ3) is 1.84. The van der Waals surface area contributed by atoms with Crippen molar-refractivity contribution < 1.29 is 0 Å². The average Bonchev–Trinajstić information content (AvgIpc) is 1.94. The Morgan fingerprint density at radius 1 is 1.55 bits per heavy atom. The van der Waals surface area contributed by atoms with E-state index in [9.17, 15) is 0 Å². The van der Waals surface area contributed by atoms with Crippen molar-refractivity contribution in [3.05, 3.63) is 34.8 Å². The Morgan fingerprint density at radius 2 is 2.18 bits per heavy atom. The van der Waals surface area contributed by atoms with E-state index in [0.29, 0.717) is 0 Å². The van der Waals surface area contributed by atoms with Gasteiger partial charge in [-0.2, -0.15) is 0 Å². The third-order valence-corrected chi connectivity index (χ3v) is 1.97. The minimum atomic E-state index is 0.778. The second-order valence-corrected chi connectivity index (χ2v) is 3.43. The molecule has 58 valence electrons. The predicted octanol–water partition coefficient (Wildman–Crippen LogP) is 3.06. The summed E-state index contributed by atoms with van der Waals surface area (Å²) in [6, 6.07) is 5.76. The number of nitrogens with two attached hydrogens (primary N) is 1. The van der Waals surface area contributed by atoms with Crippen LogP contribution in [-0.4, -0.2) is 0 Å². The van der Waals surface area contributed by atoms with E-state index in [2.05, 4.69) is 22.5 Å². The lowest BCUT2D eigenvalue weighted by Gasteiger charge is -2.04. The molecule has 0 aliphatic rings. The van der Waals surface area contributed by atoms with Crippen LogP contribution in [0.15, 0.2) is 29.3 Å². The van der Waals surface area contributed by atoms with Crippen LogP contribution in [0.4, 0.5) is 5.69 Å². The first-order valence-electron chi connectivity index (χ1n) is 3.32. The van der Waals surface area contributed by atoms with E-state index in [1.165, 1.54) is 0 Å². The molecule has 0 saturated heterocycles. The first-order valence-corrected chi connectivity index (χ1v) is 4.11. The van der Waals surface area contributed by atoms with Crippen molar-refractivity contribution >= 4 is 27.2 Å². The standard InChI is InChI=1S/C9H10BrN/c1-6(2)8-5-7(10)3-4-9(8)11/h3-5H,1,11H2,2H3. The molecule has 1 aromatic rings. The Labute approximate surface area is 75.0 Å². The maximum Gasteiger partial charge on any atom is 0.0390 e. The van der Waals surface area contributed by atoms with Crippen molar-refractivity contribution in [2.75, 3.05) is 5.73 Å². The number of allylic oxidation sites excluding steroid dienone is 1. The zero-order chi connectivity index (χ0) is 8.43. The Bertz CT molecular complexity index is 292. The Hall–Kier alpha value is -0.760. The molecule has 0 amide bonds. The molecule has 1 aromatic carbocycles. The van der Waals surface area contributed by atoms with Crippen molar-refractivity contribution in [3.8, 4) is 0 Å². The molecule has 0 bridgehead atoms. The molecule has 0 saturated carbocycles. The van der Waals surface area contributed by atoms with Crippen LogP contribution in [0.5, 0.6) is 0 Å². The van der Waals surface area contributed by atoms with Gasteiger partial charge in [0.05, 0.1) is 0 Å². The van der Waals surface area contributed by atoms with Crippen molar-refractivity contribution in [2.24, 2.45) is 0 Å². The summed E-state index contributed by atoms with van der Waals surface area (Å²) in [5, 5.41) is 0. The molecule has 1 rings (SSSR count). The Kier molecular flexibility index (Phi) is 2.35. The van der Waals surface area contributed by atoms with Crippen LogP contribution in [0.1, 0.15) is 12.5 Å². The zero-order valence-electron chi connectivity index (χ0n) is 6.39. The van der Waals surface area contributed by atoms with E-state index in [4.69, 9.17) is 5.73 Å². The largest absolute Gasteiger partial charge is 0.398 e. The van der Waals surface area contributed by atoms with Gasteiger partial charge in [0.1, 0.15) is 0 Å². The van der Waals surface area contributed by atoms with Crippen molar-refractivity contribution in [2.45, 2.75) is 6.92 Å². The summed E-state index contributed by atoms with van der Waals surface area (Å²) < 4.78 is 1.03. The summed E-state index contributed by atoms with van der Waals surface area (Å²) in [6.07, 6.45) is 0. The van der Waals surface area contributed by atoms with Crippen LogP contribution in [0, 0.1) is 0 Å². The van der Waals surface area contributed by atoms with E-state index in [-0.39, 0.29) is 0 Å². The second-order valence-electron chi connectivity index (χ2n) is 2.51. The van der Waals surface area contributed by atoms with Gasteiger partial charge in [0.2, 0.25) is 0 Å². The minimum absolute atomic E-state index is 0.778. The molecule has 0 fully saturated rings. The average molecular weight is 212 g/mol. The molecular weight excluding hydrogens is 202 g/mol. The first kappa shape index (κ1) is 8.34. The number of rotatable bonds is 1. The Morgan fingerprint density at radius 3 is 2.64 bits per heavy atom. The number of hydrogen-bond donors (Lipinski definition) is 1. The van der Waals surface area contributed by atoms with Gasteiger partial charge in [0, 0.05) is 15.7 Å². The molecule has 2 heteroatoms. The highest BCUT2D eigenvalue weighted by Gasteiger charge is 1.98. The summed E-state index contributed by atoms with van der Waals surface area (Å²) >= 11 is 3.37. The molecule has 0 aromatic heterocycles. The molecule has 2 N–H and O–H groups in total. The second kappa shape index (κ2) is 3.09. The lowest BCUT2D eigenvalue weighted by molar-refractivity contribution is 1.54. The first-order chi connectivity index (χ1) is 5.11. The van der Waals surface area contributed by atoms with Gasteiger partial charge >= 0.3 is 0 Å². The number of nitrogen functional groups attached to an aromatic ring is 1. The number of halogens is 1. The summed E-state index contributed by atoms with van der Waals surface area (Å²) in [5.41, 5.74) is 8.49. The van der Waals surface area contributed by atoms with Gasteiger partial charge in [-0.25, -0.2) is 0 Å². The summed E-state index contributed by atoms with van der Waals surface area (Å²) in [5.74, 6) is 0. The van der Waals surface area contributed by atoms with Gasteiger partial charge < -0.3 is 5.73 Å². The van der Waals surface area contributed by atoms with E-state index in [0.717, 1.165) is 21.3 Å². The molecule has 0 atom stereocenters. The van der Waals surface area contributed by atoms with Crippen molar-refractivity contribution in [3.63, 3.8) is 0 Å². The van der Waals surface area contributed by atoms with Crippen LogP contribution in [-0.2, 0) is 0 Å². The van der Waals surface area contributed by atoms with E-state index >= 15 is 0 Å². The number of hydrogen-bond acceptors (Lipinski definition) is 1. The number of anilines is 1. The fourth-order valence-corrected chi connectivity index (χ4v) is 1.26. The van der Waals surface area contributed by atoms with Crippen molar-refractivity contribution in [1.29, 1.82) is 0 Å². The summed E-state index contributed by atoms with van der Waals surface area (Å²) in [7, 11) is 0. The van der Waals surface area contributed by atoms with Gasteiger partial charge in [0.25, 0.3) is 0 Å². The summed E-state index contributed by atoms with van der Waals surface area (Å²) in [6.45, 7) is 5.77.